The van der Waals surface area contributed by atoms with Crippen LogP contribution in [0, 0.1) is 11.8 Å². The van der Waals surface area contributed by atoms with E-state index in [-0.39, 0.29) is 17.4 Å². The predicted octanol–water partition coefficient (Wildman–Crippen LogP) is 3.87. The molecule has 0 unspecified atom stereocenters. The predicted molar refractivity (Wildman–Crippen MR) is 155 cm³/mol. The molecule has 41 heavy (non-hydrogen) atoms. The van der Waals surface area contributed by atoms with Crippen molar-refractivity contribution in [1.29, 1.82) is 0 Å². The Balaban J connectivity index is 2.69. The van der Waals surface area contributed by atoms with Crippen molar-refractivity contribution in [2.45, 2.75) is 65.0 Å². The van der Waals surface area contributed by atoms with Gasteiger partial charge in [0, 0.05) is 37.3 Å². The molecule has 0 aliphatic carbocycles. The van der Waals surface area contributed by atoms with Crippen molar-refractivity contribution in [1.82, 2.24) is 0 Å². The number of hydrogen-bond acceptors (Lipinski definition) is 9. The number of allylic oxidation sites excluding steroid dienone is 2. The third-order valence-corrected chi connectivity index (χ3v) is 7.19. The zero-order valence-corrected chi connectivity index (χ0v) is 25.1. The number of hydrogen-bond donors (Lipinski definition) is 4. The summed E-state index contributed by atoms with van der Waals surface area (Å²) in [6.45, 7) is 7.18. The van der Waals surface area contributed by atoms with Crippen LogP contribution in [0.4, 0.5) is 10.5 Å². The van der Waals surface area contributed by atoms with Gasteiger partial charge in [0.05, 0.1) is 32.1 Å². The number of anilines is 1. The Morgan fingerprint density at radius 1 is 1.10 bits per heavy atom. The SMILES string of the molecule is COc1cc2c(OC)c(c1O)C[C@@H](C)C[C@H](OC)[C@H](O)[C@@H](C)/C=C(\C)[C@H](OC(N)=O)[C@@H](OC)/C=C\C=C(/C)C(=O)N2. The maximum Gasteiger partial charge on any atom is 0.405 e. The van der Waals surface area contributed by atoms with Gasteiger partial charge in [-0.1, -0.05) is 38.2 Å². The maximum absolute atomic E-state index is 13.1. The number of amides is 2. The Kier molecular flexibility index (Phi) is 12.7. The zero-order chi connectivity index (χ0) is 30.9. The first-order valence-electron chi connectivity index (χ1n) is 13.4. The van der Waals surface area contributed by atoms with E-state index in [9.17, 15) is 19.8 Å². The third-order valence-electron chi connectivity index (χ3n) is 7.19. The second-order valence-corrected chi connectivity index (χ2v) is 10.3. The van der Waals surface area contributed by atoms with Crippen molar-refractivity contribution in [3.05, 3.63) is 47.1 Å². The number of ether oxygens (including phenoxy) is 5. The van der Waals surface area contributed by atoms with Crippen LogP contribution in [0.3, 0.4) is 0 Å². The smallest absolute Gasteiger partial charge is 0.405 e. The Morgan fingerprint density at radius 2 is 1.78 bits per heavy atom. The fourth-order valence-electron chi connectivity index (χ4n) is 4.96. The van der Waals surface area contributed by atoms with Crippen LogP contribution in [0.25, 0.3) is 0 Å². The number of primary amides is 1. The van der Waals surface area contributed by atoms with Gasteiger partial charge in [0.2, 0.25) is 0 Å². The summed E-state index contributed by atoms with van der Waals surface area (Å²) in [7, 11) is 5.87. The van der Waals surface area contributed by atoms with Gasteiger partial charge in [0.1, 0.15) is 11.9 Å². The summed E-state index contributed by atoms with van der Waals surface area (Å²) in [5.41, 5.74) is 7.11. The Bertz CT molecular complexity index is 1160. The normalized spacial score (nSPS) is 29.7. The minimum atomic E-state index is -0.978. The minimum absolute atomic E-state index is 0.0946. The monoisotopic (exact) mass is 576 g/mol. The van der Waals surface area contributed by atoms with Crippen LogP contribution in [-0.2, 0) is 25.4 Å². The summed E-state index contributed by atoms with van der Waals surface area (Å²) in [5, 5.41) is 25.0. The van der Waals surface area contributed by atoms with E-state index in [2.05, 4.69) is 5.32 Å². The van der Waals surface area contributed by atoms with Crippen molar-refractivity contribution < 1.29 is 43.5 Å². The fourth-order valence-corrected chi connectivity index (χ4v) is 4.96. The molecule has 1 aromatic rings. The fraction of sp³-hybridized carbons (Fsp3) is 0.533. The van der Waals surface area contributed by atoms with E-state index in [0.29, 0.717) is 41.0 Å². The summed E-state index contributed by atoms with van der Waals surface area (Å²) < 4.78 is 27.7. The molecular formula is C30H44N2O9. The molecule has 11 nitrogen and oxygen atoms in total. The van der Waals surface area contributed by atoms with Gasteiger partial charge in [-0.2, -0.15) is 0 Å². The van der Waals surface area contributed by atoms with E-state index >= 15 is 0 Å². The highest BCUT2D eigenvalue weighted by Crippen LogP contribution is 2.44. The van der Waals surface area contributed by atoms with Crippen LogP contribution in [0.15, 0.2) is 41.5 Å². The summed E-state index contributed by atoms with van der Waals surface area (Å²) in [4.78, 5) is 24.8. The van der Waals surface area contributed by atoms with Crippen LogP contribution in [-0.4, -0.2) is 75.1 Å². The van der Waals surface area contributed by atoms with Crippen LogP contribution in [0.5, 0.6) is 17.2 Å². The lowest BCUT2D eigenvalue weighted by Gasteiger charge is -2.29. The van der Waals surface area contributed by atoms with Crippen molar-refractivity contribution in [2.75, 3.05) is 33.8 Å². The Hall–Kier alpha value is -3.54. The highest BCUT2D eigenvalue weighted by atomic mass is 16.6. The van der Waals surface area contributed by atoms with Crippen LogP contribution < -0.4 is 20.5 Å². The Morgan fingerprint density at radius 3 is 2.34 bits per heavy atom. The summed E-state index contributed by atoms with van der Waals surface area (Å²) in [6, 6.07) is 1.50. The molecule has 2 bridgehead atoms. The first-order valence-corrected chi connectivity index (χ1v) is 13.4. The molecule has 0 radical (unpaired) electrons. The lowest BCUT2D eigenvalue weighted by molar-refractivity contribution is -0.112. The molecule has 11 heteroatoms. The van der Waals surface area contributed by atoms with Crippen LogP contribution in [0.1, 0.15) is 39.7 Å². The number of aliphatic hydroxyl groups excluding tert-OH is 1. The second kappa shape index (κ2) is 15.5. The van der Waals surface area contributed by atoms with Crippen LogP contribution in [0.2, 0.25) is 0 Å². The van der Waals surface area contributed by atoms with Gasteiger partial charge in [-0.25, -0.2) is 4.79 Å². The lowest BCUT2D eigenvalue weighted by Crippen LogP contribution is -2.37. The van der Waals surface area contributed by atoms with Crippen molar-refractivity contribution in [3.63, 3.8) is 0 Å². The van der Waals surface area contributed by atoms with Crippen LogP contribution >= 0.6 is 0 Å². The Labute approximate surface area is 241 Å². The van der Waals surface area contributed by atoms with Gasteiger partial charge >= 0.3 is 6.09 Å². The highest BCUT2D eigenvalue weighted by Gasteiger charge is 2.30. The highest BCUT2D eigenvalue weighted by molar-refractivity contribution is 6.04. The minimum Gasteiger partial charge on any atom is -0.504 e. The summed E-state index contributed by atoms with van der Waals surface area (Å²) >= 11 is 0. The number of phenols is 1. The van der Waals surface area contributed by atoms with E-state index in [1.54, 1.807) is 38.2 Å². The van der Waals surface area contributed by atoms with Crippen molar-refractivity contribution in [3.8, 4) is 17.2 Å². The zero-order valence-electron chi connectivity index (χ0n) is 25.1. The number of phenolic OH excluding ortho intramolecular Hbond substituents is 1. The number of nitrogens with two attached hydrogens (primary N) is 1. The topological polar surface area (TPSA) is 159 Å². The first-order chi connectivity index (χ1) is 19.4. The van der Waals surface area contributed by atoms with E-state index < -0.39 is 42.3 Å². The van der Waals surface area contributed by atoms with Gasteiger partial charge in [-0.3, -0.25) is 4.79 Å². The molecule has 5 N–H and O–H groups in total. The molecule has 0 fully saturated rings. The standard InChI is InChI=1S/C30H44N2O9/c1-16-12-20-26(34)24(39-7)15-21(28(20)40-8)32-29(35)17(2)10-9-11-22(37-5)27(41-30(31)36)19(4)14-18(3)25(33)23(13-16)38-6/h9-11,14-16,18,22-23,25,27,33-34H,12-13H2,1-8H3,(H2,31,36)(H,32,35)/b11-9-,17-10+,19-14+/t16-,18+,22+,23+,25-,27+/m1/s1. The maximum atomic E-state index is 13.1. The molecule has 2 rings (SSSR count). The van der Waals surface area contributed by atoms with E-state index in [4.69, 9.17) is 29.4 Å². The van der Waals surface area contributed by atoms with E-state index in [0.717, 1.165) is 0 Å². The summed E-state index contributed by atoms with van der Waals surface area (Å²) in [6.07, 6.45) is 3.33. The molecule has 1 aliphatic heterocycles. The molecule has 0 spiro atoms. The number of rotatable bonds is 5. The van der Waals surface area contributed by atoms with Gasteiger partial charge in [0.15, 0.2) is 17.6 Å². The second-order valence-electron chi connectivity index (χ2n) is 10.3. The van der Waals surface area contributed by atoms with E-state index in [1.807, 2.05) is 13.8 Å². The molecule has 0 saturated carbocycles. The number of methoxy groups -OCH3 is 4. The molecule has 0 aromatic heterocycles. The average Bonchev–Trinajstić information content (AvgIpc) is 2.93. The molecule has 0 saturated heterocycles. The largest absolute Gasteiger partial charge is 0.504 e. The van der Waals surface area contributed by atoms with Gasteiger partial charge in [-0.05, 0) is 38.2 Å². The molecule has 6 atom stereocenters. The quantitative estimate of drug-likeness (QED) is 0.301. The van der Waals surface area contributed by atoms with Gasteiger partial charge < -0.3 is 44.9 Å². The summed E-state index contributed by atoms with van der Waals surface area (Å²) in [5.74, 6) is -0.523. The number of carbonyl (C=O) groups is 2. The molecular weight excluding hydrogens is 532 g/mol. The number of benzene rings is 1. The number of carbonyl (C=O) groups excluding carboxylic acids is 2. The number of aliphatic hydroxyl groups is 1. The number of nitrogens with one attached hydrogen (secondary N) is 1. The molecule has 1 aliphatic rings. The third kappa shape index (κ3) is 8.72. The van der Waals surface area contributed by atoms with Gasteiger partial charge in [-0.15, -0.1) is 0 Å². The molecule has 228 valence electrons. The first kappa shape index (κ1) is 33.7. The number of fused-ring (bicyclic) bond motifs is 2. The average molecular weight is 577 g/mol. The molecule has 2 amide bonds. The number of aromatic hydroxyl groups is 1. The van der Waals surface area contributed by atoms with Gasteiger partial charge in [0.25, 0.3) is 5.91 Å². The lowest BCUT2D eigenvalue weighted by atomic mass is 9.87. The molecule has 1 aromatic carbocycles. The van der Waals surface area contributed by atoms with E-state index in [1.165, 1.54) is 34.5 Å². The molecule has 1 heterocycles. The van der Waals surface area contributed by atoms with Crippen molar-refractivity contribution in [2.24, 2.45) is 17.6 Å². The van der Waals surface area contributed by atoms with Crippen molar-refractivity contribution >= 4 is 17.7 Å².